The third kappa shape index (κ3) is 3.37. The second-order valence-corrected chi connectivity index (χ2v) is 8.34. The maximum atomic E-state index is 13.1. The molecule has 1 aliphatic rings. The Labute approximate surface area is 159 Å². The van der Waals surface area contributed by atoms with Gasteiger partial charge in [0.15, 0.2) is 11.5 Å². The molecule has 0 spiro atoms. The van der Waals surface area contributed by atoms with Crippen molar-refractivity contribution in [1.82, 2.24) is 14.8 Å². The highest BCUT2D eigenvalue weighted by Crippen LogP contribution is 2.42. The van der Waals surface area contributed by atoms with Crippen LogP contribution in [0.2, 0.25) is 0 Å². The highest BCUT2D eigenvalue weighted by atomic mass is 16.3. The summed E-state index contributed by atoms with van der Waals surface area (Å²) in [7, 11) is 3.85. The van der Waals surface area contributed by atoms with Gasteiger partial charge in [-0.25, -0.2) is 0 Å². The van der Waals surface area contributed by atoms with Crippen molar-refractivity contribution < 1.29 is 14.7 Å². The first-order valence-electron chi connectivity index (χ1n) is 9.12. The van der Waals surface area contributed by atoms with Gasteiger partial charge in [0.2, 0.25) is 0 Å². The molecule has 1 amide bonds. The summed E-state index contributed by atoms with van der Waals surface area (Å²) in [5.74, 6) is -1.13. The Morgan fingerprint density at radius 1 is 1.26 bits per heavy atom. The molecule has 3 rings (SSSR count). The summed E-state index contributed by atoms with van der Waals surface area (Å²) in [6.07, 6.45) is 1.83. The van der Waals surface area contributed by atoms with E-state index in [9.17, 15) is 14.7 Å². The van der Waals surface area contributed by atoms with E-state index in [0.29, 0.717) is 13.1 Å². The van der Waals surface area contributed by atoms with E-state index < -0.39 is 23.1 Å². The maximum absolute atomic E-state index is 13.1. The molecule has 1 aromatic carbocycles. The molecule has 0 aliphatic carbocycles. The van der Waals surface area contributed by atoms with E-state index in [4.69, 9.17) is 0 Å². The SMILES string of the molecule is CN(C)CCN1C(=O)C(O)=C(C(=O)C(C)(C)C)C1c1c[nH]c2ccccc12. The lowest BCUT2D eigenvalue weighted by Crippen LogP contribution is -2.37. The van der Waals surface area contributed by atoms with E-state index in [2.05, 4.69) is 4.98 Å². The molecule has 0 radical (unpaired) electrons. The fourth-order valence-corrected chi connectivity index (χ4v) is 3.47. The molecule has 6 nitrogen and oxygen atoms in total. The number of hydrogen-bond donors (Lipinski definition) is 2. The second kappa shape index (κ2) is 6.85. The third-order valence-electron chi connectivity index (χ3n) is 4.93. The van der Waals surface area contributed by atoms with Crippen molar-refractivity contribution in [1.29, 1.82) is 0 Å². The van der Waals surface area contributed by atoms with Crippen molar-refractivity contribution >= 4 is 22.6 Å². The first kappa shape index (κ1) is 19.2. The molecule has 0 fully saturated rings. The molecule has 0 bridgehead atoms. The van der Waals surface area contributed by atoms with Gasteiger partial charge in [-0.05, 0) is 20.2 Å². The summed E-state index contributed by atoms with van der Waals surface area (Å²) in [6.45, 7) is 6.45. The number of fused-ring (bicyclic) bond motifs is 1. The molecule has 2 N–H and O–H groups in total. The molecule has 2 aromatic rings. The number of aromatic nitrogens is 1. The molecule has 6 heteroatoms. The largest absolute Gasteiger partial charge is 0.503 e. The molecule has 1 atom stereocenters. The van der Waals surface area contributed by atoms with Crippen molar-refractivity contribution in [3.8, 4) is 0 Å². The number of nitrogens with zero attached hydrogens (tertiary/aromatic N) is 2. The van der Waals surface area contributed by atoms with Crippen LogP contribution in [0.4, 0.5) is 0 Å². The number of amides is 1. The van der Waals surface area contributed by atoms with Crippen LogP contribution in [0.3, 0.4) is 0 Å². The molecular formula is C21H27N3O3. The Balaban J connectivity index is 2.15. The Bertz CT molecular complexity index is 918. The summed E-state index contributed by atoms with van der Waals surface area (Å²) in [5, 5.41) is 11.6. The van der Waals surface area contributed by atoms with Crippen LogP contribution < -0.4 is 0 Å². The summed E-state index contributed by atoms with van der Waals surface area (Å²) in [5.41, 5.74) is 1.25. The van der Waals surface area contributed by atoms with Crippen LogP contribution in [0.5, 0.6) is 0 Å². The molecule has 2 heterocycles. The first-order valence-corrected chi connectivity index (χ1v) is 9.12. The highest BCUT2D eigenvalue weighted by Gasteiger charge is 2.46. The van der Waals surface area contributed by atoms with Crippen LogP contribution in [-0.2, 0) is 9.59 Å². The van der Waals surface area contributed by atoms with Crippen molar-refractivity contribution in [2.45, 2.75) is 26.8 Å². The van der Waals surface area contributed by atoms with Gasteiger partial charge in [0.25, 0.3) is 5.91 Å². The van der Waals surface area contributed by atoms with Crippen LogP contribution >= 0.6 is 0 Å². The summed E-state index contributed by atoms with van der Waals surface area (Å²) < 4.78 is 0. The van der Waals surface area contributed by atoms with Crippen molar-refractivity contribution in [3.63, 3.8) is 0 Å². The molecule has 1 unspecified atom stereocenters. The number of likely N-dealkylation sites (N-methyl/N-ethyl adjacent to an activating group) is 1. The molecule has 1 aromatic heterocycles. The lowest BCUT2D eigenvalue weighted by molar-refractivity contribution is -0.129. The zero-order valence-corrected chi connectivity index (χ0v) is 16.5. The number of aliphatic hydroxyl groups excluding tert-OH is 1. The van der Waals surface area contributed by atoms with Gasteiger partial charge in [-0.1, -0.05) is 39.0 Å². The van der Waals surface area contributed by atoms with Gasteiger partial charge < -0.3 is 19.9 Å². The number of carbonyl (C=O) groups is 2. The molecule has 144 valence electrons. The summed E-state index contributed by atoms with van der Waals surface area (Å²) in [6, 6.07) is 7.18. The van der Waals surface area contributed by atoms with Gasteiger partial charge in [-0.3, -0.25) is 9.59 Å². The van der Waals surface area contributed by atoms with Crippen LogP contribution in [-0.4, -0.2) is 58.8 Å². The number of benzene rings is 1. The fourth-order valence-electron chi connectivity index (χ4n) is 3.47. The minimum atomic E-state index is -0.703. The third-order valence-corrected chi connectivity index (χ3v) is 4.93. The Morgan fingerprint density at radius 2 is 1.93 bits per heavy atom. The van der Waals surface area contributed by atoms with Gasteiger partial charge in [-0.15, -0.1) is 0 Å². The number of aromatic amines is 1. The number of Topliss-reactive ketones (excluding diaryl/α,β-unsaturated/α-hetero) is 1. The number of ketones is 1. The summed E-state index contributed by atoms with van der Waals surface area (Å²) in [4.78, 5) is 32.8. The molecule has 0 saturated heterocycles. The number of aliphatic hydroxyl groups is 1. The van der Waals surface area contributed by atoms with E-state index in [1.807, 2.05) is 49.5 Å². The van der Waals surface area contributed by atoms with Gasteiger partial charge in [0.1, 0.15) is 0 Å². The quantitative estimate of drug-likeness (QED) is 0.849. The predicted molar refractivity (Wildman–Crippen MR) is 105 cm³/mol. The average molecular weight is 369 g/mol. The highest BCUT2D eigenvalue weighted by molar-refractivity contribution is 6.11. The maximum Gasteiger partial charge on any atom is 0.290 e. The predicted octanol–water partition coefficient (Wildman–Crippen LogP) is 3.04. The van der Waals surface area contributed by atoms with Crippen LogP contribution in [0.1, 0.15) is 32.4 Å². The van der Waals surface area contributed by atoms with Gasteiger partial charge in [-0.2, -0.15) is 0 Å². The van der Waals surface area contributed by atoms with Crippen LogP contribution in [0.25, 0.3) is 10.9 Å². The normalized spacial score (nSPS) is 18.2. The van der Waals surface area contributed by atoms with Crippen molar-refractivity contribution in [2.75, 3.05) is 27.2 Å². The number of rotatable bonds is 5. The van der Waals surface area contributed by atoms with Crippen molar-refractivity contribution in [2.24, 2.45) is 5.41 Å². The number of para-hydroxylation sites is 1. The Kier molecular flexibility index (Phi) is 4.86. The molecule has 1 aliphatic heterocycles. The number of H-pyrrole nitrogens is 1. The van der Waals surface area contributed by atoms with Gasteiger partial charge in [0.05, 0.1) is 11.6 Å². The van der Waals surface area contributed by atoms with Crippen LogP contribution in [0, 0.1) is 5.41 Å². The van der Waals surface area contributed by atoms with Gasteiger partial charge >= 0.3 is 0 Å². The monoisotopic (exact) mass is 369 g/mol. The Hall–Kier alpha value is -2.60. The van der Waals surface area contributed by atoms with E-state index >= 15 is 0 Å². The van der Waals surface area contributed by atoms with E-state index in [1.165, 1.54) is 0 Å². The standard InChI is InChI=1S/C21H27N3O3/c1-21(2,3)19(26)16-17(14-12-22-15-9-7-6-8-13(14)15)24(11-10-23(4)5)20(27)18(16)25/h6-9,12,17,22,25H,10-11H2,1-5H3. The smallest absolute Gasteiger partial charge is 0.290 e. The average Bonchev–Trinajstić information content (AvgIpc) is 3.11. The molecule has 0 saturated carbocycles. The minimum Gasteiger partial charge on any atom is -0.503 e. The number of carbonyl (C=O) groups excluding carboxylic acids is 2. The number of hydrogen-bond acceptors (Lipinski definition) is 4. The zero-order valence-electron chi connectivity index (χ0n) is 16.5. The van der Waals surface area contributed by atoms with Crippen molar-refractivity contribution in [3.05, 3.63) is 47.4 Å². The minimum absolute atomic E-state index is 0.191. The van der Waals surface area contributed by atoms with Crippen LogP contribution in [0.15, 0.2) is 41.8 Å². The topological polar surface area (TPSA) is 76.6 Å². The van der Waals surface area contributed by atoms with E-state index in [1.54, 1.807) is 25.7 Å². The molecule has 27 heavy (non-hydrogen) atoms. The number of nitrogens with one attached hydrogen (secondary N) is 1. The first-order chi connectivity index (χ1) is 12.6. The lowest BCUT2D eigenvalue weighted by Gasteiger charge is -2.29. The Morgan fingerprint density at radius 3 is 2.56 bits per heavy atom. The molecular weight excluding hydrogens is 342 g/mol. The fraction of sp³-hybridized carbons (Fsp3) is 0.429. The summed E-state index contributed by atoms with van der Waals surface area (Å²) >= 11 is 0. The van der Waals surface area contributed by atoms with Gasteiger partial charge in [0, 0.05) is 41.2 Å². The van der Waals surface area contributed by atoms with E-state index in [0.717, 1.165) is 16.5 Å². The lowest BCUT2D eigenvalue weighted by atomic mass is 9.82. The van der Waals surface area contributed by atoms with E-state index in [-0.39, 0.29) is 11.4 Å². The zero-order chi connectivity index (χ0) is 19.9. The second-order valence-electron chi connectivity index (χ2n) is 8.34.